The van der Waals surface area contributed by atoms with Crippen LogP contribution in [0.25, 0.3) is 10.3 Å². The Kier molecular flexibility index (Phi) is 6.74. The van der Waals surface area contributed by atoms with E-state index in [0.29, 0.717) is 44.3 Å². The van der Waals surface area contributed by atoms with Gasteiger partial charge >= 0.3 is 6.18 Å². The summed E-state index contributed by atoms with van der Waals surface area (Å²) in [4.78, 5) is 17.1. The molecule has 35 heavy (non-hydrogen) atoms. The first-order chi connectivity index (χ1) is 16.8. The molecule has 1 saturated heterocycles. The lowest BCUT2D eigenvalue weighted by atomic mass is 10.1. The Balaban J connectivity index is 1.53. The number of aromatic nitrogens is 3. The molecule has 4 aromatic rings. The molecule has 2 aromatic carbocycles. The van der Waals surface area contributed by atoms with Crippen LogP contribution in [0.3, 0.4) is 0 Å². The molecule has 0 saturated carbocycles. The zero-order valence-electron chi connectivity index (χ0n) is 18.4. The molecule has 0 radical (unpaired) electrons. The Hall–Kier alpha value is -2.62. The van der Waals surface area contributed by atoms with Crippen molar-refractivity contribution in [3.8, 4) is 0 Å². The van der Waals surface area contributed by atoms with Crippen LogP contribution in [0, 0.1) is 0 Å². The lowest BCUT2D eigenvalue weighted by Crippen LogP contribution is -2.31. The minimum atomic E-state index is -4.40. The van der Waals surface area contributed by atoms with Crippen LogP contribution < -0.4 is 10.2 Å². The highest BCUT2D eigenvalue weighted by molar-refractivity contribution is 7.18. The lowest BCUT2D eigenvalue weighted by molar-refractivity contribution is -0.137. The standard InChI is InChI=1S/C24H20Cl2F3N5S/c25-17-5-4-6-18(26)16(17)13-19-31-20-21(30-15-9-7-14(8-10-15)24(27,28)29)32-23(33-22(20)35-19)34-11-2-1-3-12-34/h4-10H,1-3,11-13H2,(H,30,32,33). The van der Waals surface area contributed by atoms with Gasteiger partial charge in [-0.3, -0.25) is 0 Å². The number of alkyl halides is 3. The van der Waals surface area contributed by atoms with Crippen LogP contribution in [-0.2, 0) is 12.6 Å². The third-order valence-electron chi connectivity index (χ3n) is 5.79. The highest BCUT2D eigenvalue weighted by Crippen LogP contribution is 2.35. The van der Waals surface area contributed by atoms with Gasteiger partial charge in [-0.2, -0.15) is 23.1 Å². The number of nitrogens with zero attached hydrogens (tertiary/aromatic N) is 4. The van der Waals surface area contributed by atoms with Crippen molar-refractivity contribution in [3.05, 3.63) is 68.6 Å². The summed E-state index contributed by atoms with van der Waals surface area (Å²) in [6, 6.07) is 10.2. The Morgan fingerprint density at radius 1 is 0.914 bits per heavy atom. The van der Waals surface area contributed by atoms with Gasteiger partial charge < -0.3 is 10.2 Å². The number of anilines is 3. The van der Waals surface area contributed by atoms with E-state index in [1.807, 2.05) is 0 Å². The molecule has 1 aliphatic heterocycles. The van der Waals surface area contributed by atoms with Crippen molar-refractivity contribution in [2.75, 3.05) is 23.3 Å². The number of halogens is 5. The number of hydrogen-bond acceptors (Lipinski definition) is 6. The highest BCUT2D eigenvalue weighted by atomic mass is 35.5. The normalized spacial score (nSPS) is 14.5. The molecular weight excluding hydrogens is 518 g/mol. The smallest absolute Gasteiger partial charge is 0.341 e. The largest absolute Gasteiger partial charge is 0.416 e. The number of nitrogens with one attached hydrogen (secondary N) is 1. The average molecular weight is 538 g/mol. The van der Waals surface area contributed by atoms with Crippen LogP contribution >= 0.6 is 34.5 Å². The number of piperidine rings is 1. The minimum absolute atomic E-state index is 0.429. The minimum Gasteiger partial charge on any atom is -0.341 e. The summed E-state index contributed by atoms with van der Waals surface area (Å²) >= 11 is 14.1. The highest BCUT2D eigenvalue weighted by Gasteiger charge is 2.30. The lowest BCUT2D eigenvalue weighted by Gasteiger charge is -2.26. The van der Waals surface area contributed by atoms with Crippen molar-refractivity contribution in [3.63, 3.8) is 0 Å². The fraction of sp³-hybridized carbons (Fsp3) is 0.292. The summed E-state index contributed by atoms with van der Waals surface area (Å²) in [5, 5.41) is 5.02. The van der Waals surface area contributed by atoms with E-state index in [4.69, 9.17) is 38.2 Å². The molecule has 3 heterocycles. The predicted octanol–water partition coefficient (Wildman–Crippen LogP) is 7.74. The number of thiazole rings is 1. The van der Waals surface area contributed by atoms with Crippen molar-refractivity contribution < 1.29 is 13.2 Å². The van der Waals surface area contributed by atoms with Gasteiger partial charge in [0.2, 0.25) is 5.95 Å². The molecule has 0 bridgehead atoms. The van der Waals surface area contributed by atoms with Crippen molar-refractivity contribution in [2.45, 2.75) is 31.9 Å². The average Bonchev–Trinajstić information content (AvgIpc) is 3.25. The molecule has 5 nitrogen and oxygen atoms in total. The van der Waals surface area contributed by atoms with Crippen LogP contribution in [0.4, 0.5) is 30.6 Å². The Labute approximate surface area is 213 Å². The molecule has 5 rings (SSSR count). The van der Waals surface area contributed by atoms with Gasteiger partial charge in [0.1, 0.15) is 10.5 Å². The van der Waals surface area contributed by atoms with Crippen LogP contribution in [0.5, 0.6) is 0 Å². The summed E-state index contributed by atoms with van der Waals surface area (Å²) in [7, 11) is 0. The number of fused-ring (bicyclic) bond motifs is 1. The second kappa shape index (κ2) is 9.79. The molecule has 182 valence electrons. The third kappa shape index (κ3) is 5.32. The van der Waals surface area contributed by atoms with Crippen LogP contribution in [-0.4, -0.2) is 28.0 Å². The fourth-order valence-corrected chi connectivity index (χ4v) is 5.46. The maximum absolute atomic E-state index is 13.0. The number of benzene rings is 2. The van der Waals surface area contributed by atoms with Gasteiger partial charge in [-0.05, 0) is 61.2 Å². The van der Waals surface area contributed by atoms with E-state index >= 15 is 0 Å². The zero-order chi connectivity index (χ0) is 24.6. The van der Waals surface area contributed by atoms with Crippen LogP contribution in [0.1, 0.15) is 35.4 Å². The first-order valence-corrected chi connectivity index (χ1v) is 12.6. The van der Waals surface area contributed by atoms with Crippen molar-refractivity contribution in [2.24, 2.45) is 0 Å². The van der Waals surface area contributed by atoms with Crippen molar-refractivity contribution >= 4 is 62.3 Å². The van der Waals surface area contributed by atoms with Crippen molar-refractivity contribution in [1.29, 1.82) is 0 Å². The van der Waals surface area contributed by atoms with Gasteiger partial charge in [-0.25, -0.2) is 4.98 Å². The molecule has 0 unspecified atom stereocenters. The van der Waals surface area contributed by atoms with E-state index < -0.39 is 11.7 Å². The SMILES string of the molecule is FC(F)(F)c1ccc(Nc2nc(N3CCCCC3)nc3sc(Cc4c(Cl)cccc4Cl)nc23)cc1. The third-order valence-corrected chi connectivity index (χ3v) is 7.45. The Morgan fingerprint density at radius 3 is 2.26 bits per heavy atom. The molecule has 0 aliphatic carbocycles. The molecule has 2 aromatic heterocycles. The van der Waals surface area contributed by atoms with Gasteiger partial charge in [-0.1, -0.05) is 40.6 Å². The first-order valence-electron chi connectivity index (χ1n) is 11.1. The summed E-state index contributed by atoms with van der Waals surface area (Å²) in [5.41, 5.74) is 1.09. The van der Waals surface area contributed by atoms with Gasteiger partial charge in [0.15, 0.2) is 10.6 Å². The van der Waals surface area contributed by atoms with E-state index in [2.05, 4.69) is 10.2 Å². The molecular formula is C24H20Cl2F3N5S. The second-order valence-electron chi connectivity index (χ2n) is 8.26. The predicted molar refractivity (Wildman–Crippen MR) is 135 cm³/mol. The van der Waals surface area contributed by atoms with E-state index in [1.165, 1.54) is 29.9 Å². The molecule has 11 heteroatoms. The number of hydrogen-bond donors (Lipinski definition) is 1. The van der Waals surface area contributed by atoms with Crippen LogP contribution in [0.15, 0.2) is 42.5 Å². The summed E-state index contributed by atoms with van der Waals surface area (Å²) < 4.78 is 38.9. The Morgan fingerprint density at radius 2 is 1.60 bits per heavy atom. The fourth-order valence-electron chi connectivity index (χ4n) is 3.98. The second-order valence-corrected chi connectivity index (χ2v) is 10.1. The molecule has 1 N–H and O–H groups in total. The van der Waals surface area contributed by atoms with Crippen molar-refractivity contribution in [1.82, 2.24) is 15.0 Å². The summed E-state index contributed by atoms with van der Waals surface area (Å²) in [6.45, 7) is 1.71. The number of rotatable bonds is 5. The maximum Gasteiger partial charge on any atom is 0.416 e. The monoisotopic (exact) mass is 537 g/mol. The molecule has 0 atom stereocenters. The molecule has 1 fully saturated rings. The maximum atomic E-state index is 13.0. The van der Waals surface area contributed by atoms with Gasteiger partial charge in [0.25, 0.3) is 0 Å². The van der Waals surface area contributed by atoms with E-state index in [9.17, 15) is 13.2 Å². The summed E-state index contributed by atoms with van der Waals surface area (Å²) in [5.74, 6) is 1.03. The van der Waals surface area contributed by atoms with Gasteiger partial charge in [0.05, 0.1) is 5.56 Å². The zero-order valence-corrected chi connectivity index (χ0v) is 20.7. The Bertz CT molecular complexity index is 1330. The quantitative estimate of drug-likeness (QED) is 0.282. The van der Waals surface area contributed by atoms with E-state index in [0.717, 1.165) is 48.6 Å². The molecule has 0 amide bonds. The van der Waals surface area contributed by atoms with Crippen LogP contribution in [0.2, 0.25) is 10.0 Å². The van der Waals surface area contributed by atoms with E-state index in [1.54, 1.807) is 18.2 Å². The first kappa shape index (κ1) is 24.1. The van der Waals surface area contributed by atoms with E-state index in [-0.39, 0.29) is 0 Å². The van der Waals surface area contributed by atoms with Gasteiger partial charge in [-0.15, -0.1) is 0 Å². The van der Waals surface area contributed by atoms with Gasteiger partial charge in [0, 0.05) is 35.2 Å². The summed E-state index contributed by atoms with van der Waals surface area (Å²) in [6.07, 6.45) is -0.688. The molecule has 1 aliphatic rings. The topological polar surface area (TPSA) is 53.9 Å². The molecule has 0 spiro atoms.